The van der Waals surface area contributed by atoms with Gasteiger partial charge < -0.3 is 15.2 Å². The highest BCUT2D eigenvalue weighted by molar-refractivity contribution is 9.10. The van der Waals surface area contributed by atoms with Gasteiger partial charge in [-0.25, -0.2) is 0 Å². The second-order valence-corrected chi connectivity index (χ2v) is 4.90. The molecule has 1 aliphatic rings. The number of aromatic amines is 1. The number of H-pyrrole nitrogens is 1. The minimum Gasteiger partial charge on any atom is -0.486 e. The molecule has 0 fully saturated rings. The van der Waals surface area contributed by atoms with Crippen LogP contribution in [-0.4, -0.2) is 23.4 Å². The third-order valence-electron chi connectivity index (χ3n) is 2.91. The largest absolute Gasteiger partial charge is 0.486 e. The smallest absolute Gasteiger partial charge is 0.176 e. The molecule has 0 bridgehead atoms. The van der Waals surface area contributed by atoms with E-state index >= 15 is 0 Å². The van der Waals surface area contributed by atoms with Crippen molar-refractivity contribution in [3.05, 3.63) is 22.3 Å². The molecule has 0 aliphatic carbocycles. The average molecular weight is 310 g/mol. The minimum atomic E-state index is 0.537. The van der Waals surface area contributed by atoms with Crippen molar-refractivity contribution in [1.82, 2.24) is 10.2 Å². The third kappa shape index (κ3) is 1.64. The van der Waals surface area contributed by atoms with Gasteiger partial charge in [0.15, 0.2) is 11.5 Å². The van der Waals surface area contributed by atoms with Gasteiger partial charge in [0.1, 0.15) is 19.0 Å². The number of anilines is 1. The SMILES string of the molecule is Cc1cc2c(c(Br)c1-c1cn[nH]c1N)OCCO2. The van der Waals surface area contributed by atoms with Gasteiger partial charge in [-0.05, 0) is 34.5 Å². The normalized spacial score (nSPS) is 13.7. The van der Waals surface area contributed by atoms with Crippen molar-refractivity contribution in [3.8, 4) is 22.6 Å². The number of nitrogen functional groups attached to an aromatic ring is 1. The highest BCUT2D eigenvalue weighted by Gasteiger charge is 2.22. The molecule has 18 heavy (non-hydrogen) atoms. The Morgan fingerprint density at radius 2 is 2.17 bits per heavy atom. The number of nitrogens with two attached hydrogens (primary N) is 1. The van der Waals surface area contributed by atoms with Gasteiger partial charge in [0.25, 0.3) is 0 Å². The molecule has 5 nitrogen and oxygen atoms in total. The van der Waals surface area contributed by atoms with E-state index in [1.165, 1.54) is 0 Å². The van der Waals surface area contributed by atoms with Crippen LogP contribution >= 0.6 is 15.9 Å². The second kappa shape index (κ2) is 4.20. The topological polar surface area (TPSA) is 73.2 Å². The maximum absolute atomic E-state index is 5.88. The fourth-order valence-corrected chi connectivity index (χ4v) is 2.93. The fourth-order valence-electron chi connectivity index (χ4n) is 2.09. The second-order valence-electron chi connectivity index (χ2n) is 4.10. The van der Waals surface area contributed by atoms with E-state index in [4.69, 9.17) is 15.2 Å². The van der Waals surface area contributed by atoms with Crippen molar-refractivity contribution >= 4 is 21.7 Å². The Morgan fingerprint density at radius 1 is 1.39 bits per heavy atom. The molecular weight excluding hydrogens is 298 g/mol. The van der Waals surface area contributed by atoms with Crippen molar-refractivity contribution in [1.29, 1.82) is 0 Å². The number of halogens is 1. The summed E-state index contributed by atoms with van der Waals surface area (Å²) in [5.74, 6) is 2.02. The molecule has 0 radical (unpaired) electrons. The number of hydrogen-bond donors (Lipinski definition) is 2. The van der Waals surface area contributed by atoms with Gasteiger partial charge in [0.2, 0.25) is 0 Å². The number of hydrogen-bond acceptors (Lipinski definition) is 4. The first kappa shape index (κ1) is 11.4. The van der Waals surface area contributed by atoms with Crippen LogP contribution in [0.2, 0.25) is 0 Å². The van der Waals surface area contributed by atoms with Crippen LogP contribution < -0.4 is 15.2 Å². The van der Waals surface area contributed by atoms with Crippen molar-refractivity contribution in [2.75, 3.05) is 18.9 Å². The first-order valence-electron chi connectivity index (χ1n) is 5.56. The van der Waals surface area contributed by atoms with E-state index in [9.17, 15) is 0 Å². The Bertz CT molecular complexity index is 610. The van der Waals surface area contributed by atoms with Crippen LogP contribution in [0.1, 0.15) is 5.56 Å². The van der Waals surface area contributed by atoms with Gasteiger partial charge in [-0.3, -0.25) is 5.10 Å². The van der Waals surface area contributed by atoms with E-state index in [0.29, 0.717) is 19.0 Å². The monoisotopic (exact) mass is 309 g/mol. The molecule has 6 heteroatoms. The maximum Gasteiger partial charge on any atom is 0.176 e. The molecule has 3 rings (SSSR count). The van der Waals surface area contributed by atoms with Crippen LogP contribution in [0.3, 0.4) is 0 Å². The molecule has 1 aromatic carbocycles. The molecule has 0 saturated carbocycles. The molecule has 0 spiro atoms. The first-order chi connectivity index (χ1) is 8.68. The van der Waals surface area contributed by atoms with E-state index in [-0.39, 0.29) is 0 Å². The van der Waals surface area contributed by atoms with Gasteiger partial charge in [-0.15, -0.1) is 0 Å². The number of benzene rings is 1. The molecule has 0 amide bonds. The molecular formula is C12H12BrN3O2. The molecule has 1 aromatic heterocycles. The summed E-state index contributed by atoms with van der Waals surface area (Å²) >= 11 is 3.57. The summed E-state index contributed by atoms with van der Waals surface area (Å²) in [6, 6.07) is 1.96. The van der Waals surface area contributed by atoms with E-state index in [1.807, 2.05) is 13.0 Å². The summed E-state index contributed by atoms with van der Waals surface area (Å²) in [4.78, 5) is 0. The van der Waals surface area contributed by atoms with Crippen molar-refractivity contribution < 1.29 is 9.47 Å². The van der Waals surface area contributed by atoms with Gasteiger partial charge >= 0.3 is 0 Å². The Hall–Kier alpha value is -1.69. The quantitative estimate of drug-likeness (QED) is 0.849. The summed E-state index contributed by atoms with van der Waals surface area (Å²) in [5.41, 5.74) is 8.77. The van der Waals surface area contributed by atoms with Crippen LogP contribution in [0.15, 0.2) is 16.7 Å². The predicted octanol–water partition coefficient (Wildman–Crippen LogP) is 2.50. The molecule has 0 saturated heterocycles. The van der Waals surface area contributed by atoms with E-state index < -0.39 is 0 Å². The number of rotatable bonds is 1. The molecule has 1 aliphatic heterocycles. The number of nitrogens with zero attached hydrogens (tertiary/aromatic N) is 1. The van der Waals surface area contributed by atoms with Gasteiger partial charge in [-0.2, -0.15) is 5.10 Å². The number of nitrogens with one attached hydrogen (secondary N) is 1. The van der Waals surface area contributed by atoms with Crippen LogP contribution in [0.25, 0.3) is 11.1 Å². The Labute approximate surface area is 112 Å². The van der Waals surface area contributed by atoms with Crippen LogP contribution in [-0.2, 0) is 0 Å². The fraction of sp³-hybridized carbons (Fsp3) is 0.250. The molecule has 0 unspecified atom stereocenters. The summed E-state index contributed by atoms with van der Waals surface area (Å²) < 4.78 is 12.1. The first-order valence-corrected chi connectivity index (χ1v) is 6.35. The standard InChI is InChI=1S/C12H12BrN3O2/c1-6-4-8-11(18-3-2-17-8)10(13)9(6)7-5-15-16-12(7)14/h4-5H,2-3H2,1H3,(H3,14,15,16). The lowest BCUT2D eigenvalue weighted by Crippen LogP contribution is -2.16. The molecule has 2 aromatic rings. The van der Waals surface area contributed by atoms with Crippen molar-refractivity contribution in [2.45, 2.75) is 6.92 Å². The van der Waals surface area contributed by atoms with Crippen LogP contribution in [0.4, 0.5) is 5.82 Å². The number of aryl methyl sites for hydroxylation is 1. The predicted molar refractivity (Wildman–Crippen MR) is 71.9 cm³/mol. The van der Waals surface area contributed by atoms with Gasteiger partial charge in [0.05, 0.1) is 10.7 Å². The minimum absolute atomic E-state index is 0.537. The lowest BCUT2D eigenvalue weighted by atomic mass is 10.0. The zero-order chi connectivity index (χ0) is 12.7. The highest BCUT2D eigenvalue weighted by Crippen LogP contribution is 2.46. The Morgan fingerprint density at radius 3 is 2.89 bits per heavy atom. The molecule has 2 heterocycles. The summed E-state index contributed by atoms with van der Waals surface area (Å²) in [6.45, 7) is 3.13. The van der Waals surface area contributed by atoms with Gasteiger partial charge in [-0.1, -0.05) is 0 Å². The number of aromatic nitrogens is 2. The molecule has 94 valence electrons. The van der Waals surface area contributed by atoms with Gasteiger partial charge in [0, 0.05) is 11.1 Å². The van der Waals surface area contributed by atoms with E-state index in [0.717, 1.165) is 32.7 Å². The van der Waals surface area contributed by atoms with E-state index in [2.05, 4.69) is 26.1 Å². The third-order valence-corrected chi connectivity index (χ3v) is 3.67. The summed E-state index contributed by atoms with van der Waals surface area (Å²) in [5, 5.41) is 6.69. The molecule has 3 N–H and O–H groups in total. The summed E-state index contributed by atoms with van der Waals surface area (Å²) in [6.07, 6.45) is 1.71. The zero-order valence-corrected chi connectivity index (χ0v) is 11.4. The molecule has 0 atom stereocenters. The summed E-state index contributed by atoms with van der Waals surface area (Å²) in [7, 11) is 0. The highest BCUT2D eigenvalue weighted by atomic mass is 79.9. The Kier molecular flexibility index (Phi) is 2.66. The maximum atomic E-state index is 5.88. The van der Waals surface area contributed by atoms with Crippen LogP contribution in [0.5, 0.6) is 11.5 Å². The Balaban J connectivity index is 2.24. The van der Waals surface area contributed by atoms with E-state index in [1.54, 1.807) is 6.20 Å². The van der Waals surface area contributed by atoms with Crippen molar-refractivity contribution in [2.24, 2.45) is 0 Å². The van der Waals surface area contributed by atoms with Crippen LogP contribution in [0, 0.1) is 6.92 Å². The number of ether oxygens (including phenoxy) is 2. The zero-order valence-electron chi connectivity index (χ0n) is 9.79. The lowest BCUT2D eigenvalue weighted by Gasteiger charge is -2.22. The number of fused-ring (bicyclic) bond motifs is 1. The lowest BCUT2D eigenvalue weighted by molar-refractivity contribution is 0.170. The van der Waals surface area contributed by atoms with Crippen molar-refractivity contribution in [3.63, 3.8) is 0 Å². The average Bonchev–Trinajstić information content (AvgIpc) is 2.76.